The van der Waals surface area contributed by atoms with Gasteiger partial charge in [-0.15, -0.1) is 11.3 Å². The number of hydrogen-bond acceptors (Lipinski definition) is 4. The van der Waals surface area contributed by atoms with Gasteiger partial charge in [0.25, 0.3) is 0 Å². The van der Waals surface area contributed by atoms with E-state index in [4.69, 9.17) is 0 Å². The van der Waals surface area contributed by atoms with Gasteiger partial charge >= 0.3 is 0 Å². The van der Waals surface area contributed by atoms with Crippen molar-refractivity contribution in [1.82, 2.24) is 5.32 Å². The summed E-state index contributed by atoms with van der Waals surface area (Å²) in [5.74, 6) is -0.134. The van der Waals surface area contributed by atoms with Crippen molar-refractivity contribution < 1.29 is 14.7 Å². The summed E-state index contributed by atoms with van der Waals surface area (Å²) in [6.07, 6.45) is 3.62. The van der Waals surface area contributed by atoms with Gasteiger partial charge in [0.15, 0.2) is 5.78 Å². The zero-order valence-electron chi connectivity index (χ0n) is 10.8. The van der Waals surface area contributed by atoms with Gasteiger partial charge in [0.1, 0.15) is 0 Å². The number of aliphatic hydroxyl groups is 1. The highest BCUT2D eigenvalue weighted by Gasteiger charge is 2.24. The molecule has 0 bridgehead atoms. The van der Waals surface area contributed by atoms with Crippen LogP contribution in [0.4, 0.5) is 0 Å². The minimum absolute atomic E-state index is 0.00865. The molecule has 2 rings (SSSR count). The number of ketones is 1. The second kappa shape index (κ2) is 6.82. The first-order chi connectivity index (χ1) is 9.16. The maximum atomic E-state index is 11.8. The van der Waals surface area contributed by atoms with Crippen molar-refractivity contribution in [3.8, 4) is 0 Å². The standard InChI is InChI=1S/C14H19NO3S/c16-11-5-2-1-4-10(11)15-14(18)8-7-12(17)13-6-3-9-19-13/h3,6,9-11,16H,1-2,4-5,7-8H2,(H,15,18). The predicted octanol–water partition coefficient (Wildman–Crippen LogP) is 2.13. The first kappa shape index (κ1) is 14.2. The van der Waals surface area contributed by atoms with Crippen molar-refractivity contribution in [2.75, 3.05) is 0 Å². The Kier molecular flexibility index (Phi) is 5.10. The third-order valence-electron chi connectivity index (χ3n) is 3.45. The molecule has 2 unspecified atom stereocenters. The third kappa shape index (κ3) is 4.14. The molecule has 1 fully saturated rings. The van der Waals surface area contributed by atoms with Crippen molar-refractivity contribution >= 4 is 23.0 Å². The Hall–Kier alpha value is -1.20. The molecule has 0 aromatic carbocycles. The quantitative estimate of drug-likeness (QED) is 0.813. The largest absolute Gasteiger partial charge is 0.391 e. The fourth-order valence-corrected chi connectivity index (χ4v) is 3.04. The number of Topliss-reactive ketones (excluding diaryl/α,β-unsaturated/α-hetero) is 1. The van der Waals surface area contributed by atoms with E-state index < -0.39 is 6.10 Å². The molecule has 0 saturated heterocycles. The normalized spacial score (nSPS) is 23.0. The number of rotatable bonds is 5. The summed E-state index contributed by atoms with van der Waals surface area (Å²) in [6, 6.07) is 3.46. The highest BCUT2D eigenvalue weighted by Crippen LogP contribution is 2.18. The number of nitrogens with one attached hydrogen (secondary N) is 1. The highest BCUT2D eigenvalue weighted by molar-refractivity contribution is 7.12. The molecule has 0 spiro atoms. The second-order valence-corrected chi connectivity index (χ2v) is 5.87. The molecule has 1 heterocycles. The summed E-state index contributed by atoms with van der Waals surface area (Å²) < 4.78 is 0. The summed E-state index contributed by atoms with van der Waals surface area (Å²) in [5.41, 5.74) is 0. The van der Waals surface area contributed by atoms with Crippen LogP contribution < -0.4 is 5.32 Å². The van der Waals surface area contributed by atoms with Crippen molar-refractivity contribution in [2.45, 2.75) is 50.7 Å². The molecule has 1 aliphatic carbocycles. The molecule has 1 saturated carbocycles. The fourth-order valence-electron chi connectivity index (χ4n) is 2.35. The van der Waals surface area contributed by atoms with Crippen LogP contribution in [-0.2, 0) is 4.79 Å². The van der Waals surface area contributed by atoms with Gasteiger partial charge in [-0.25, -0.2) is 0 Å². The van der Waals surface area contributed by atoms with Gasteiger partial charge in [0.05, 0.1) is 17.0 Å². The monoisotopic (exact) mass is 281 g/mol. The summed E-state index contributed by atoms with van der Waals surface area (Å²) in [4.78, 5) is 24.2. The lowest BCUT2D eigenvalue weighted by molar-refractivity contribution is -0.123. The van der Waals surface area contributed by atoms with Crippen molar-refractivity contribution in [2.24, 2.45) is 0 Å². The van der Waals surface area contributed by atoms with Crippen LogP contribution in [0.5, 0.6) is 0 Å². The average Bonchev–Trinajstić information content (AvgIpc) is 2.93. The Labute approximate surface area is 116 Å². The Morgan fingerprint density at radius 3 is 2.79 bits per heavy atom. The first-order valence-electron chi connectivity index (χ1n) is 6.71. The molecule has 5 heteroatoms. The lowest BCUT2D eigenvalue weighted by Crippen LogP contribution is -2.45. The van der Waals surface area contributed by atoms with Gasteiger partial charge in [-0.3, -0.25) is 9.59 Å². The van der Waals surface area contributed by atoms with Crippen LogP contribution in [0.25, 0.3) is 0 Å². The molecule has 0 radical (unpaired) electrons. The van der Waals surface area contributed by atoms with E-state index in [0.29, 0.717) is 4.88 Å². The van der Waals surface area contributed by atoms with Gasteiger partial charge in [0, 0.05) is 12.8 Å². The molecule has 1 aromatic heterocycles. The molecule has 0 aliphatic heterocycles. The molecule has 1 amide bonds. The van der Waals surface area contributed by atoms with E-state index >= 15 is 0 Å². The van der Waals surface area contributed by atoms with E-state index in [9.17, 15) is 14.7 Å². The van der Waals surface area contributed by atoms with Gasteiger partial charge in [-0.05, 0) is 24.3 Å². The minimum atomic E-state index is -0.439. The van der Waals surface area contributed by atoms with E-state index in [1.807, 2.05) is 11.4 Å². The Bertz CT molecular complexity index is 430. The van der Waals surface area contributed by atoms with Crippen LogP contribution >= 0.6 is 11.3 Å². The summed E-state index contributed by atoms with van der Waals surface area (Å²) in [7, 11) is 0. The van der Waals surface area contributed by atoms with Crippen molar-refractivity contribution in [3.05, 3.63) is 22.4 Å². The number of amides is 1. The van der Waals surface area contributed by atoms with Crippen LogP contribution in [0.2, 0.25) is 0 Å². The first-order valence-corrected chi connectivity index (χ1v) is 7.59. The number of carbonyl (C=O) groups is 2. The Balaban J connectivity index is 1.74. The number of hydrogen-bond donors (Lipinski definition) is 2. The number of carbonyl (C=O) groups excluding carboxylic acids is 2. The van der Waals surface area contributed by atoms with E-state index in [1.165, 1.54) is 11.3 Å². The molecule has 2 N–H and O–H groups in total. The van der Waals surface area contributed by atoms with Crippen molar-refractivity contribution in [1.29, 1.82) is 0 Å². The maximum absolute atomic E-state index is 11.8. The highest BCUT2D eigenvalue weighted by atomic mass is 32.1. The van der Waals surface area contributed by atoms with E-state index in [0.717, 1.165) is 25.7 Å². The molecular weight excluding hydrogens is 262 g/mol. The number of aliphatic hydroxyl groups excluding tert-OH is 1. The zero-order valence-corrected chi connectivity index (χ0v) is 11.6. The number of thiophene rings is 1. The Morgan fingerprint density at radius 1 is 1.32 bits per heavy atom. The summed E-state index contributed by atoms with van der Waals surface area (Å²) >= 11 is 1.40. The topological polar surface area (TPSA) is 66.4 Å². The molecule has 2 atom stereocenters. The van der Waals surface area contributed by atoms with Crippen LogP contribution in [-0.4, -0.2) is 28.9 Å². The molecular formula is C14H19NO3S. The van der Waals surface area contributed by atoms with Crippen LogP contribution in [0, 0.1) is 0 Å². The van der Waals surface area contributed by atoms with Crippen molar-refractivity contribution in [3.63, 3.8) is 0 Å². The lowest BCUT2D eigenvalue weighted by Gasteiger charge is -2.28. The van der Waals surface area contributed by atoms with Gasteiger partial charge in [-0.2, -0.15) is 0 Å². The molecule has 104 valence electrons. The zero-order chi connectivity index (χ0) is 13.7. The fraction of sp³-hybridized carbons (Fsp3) is 0.571. The molecule has 1 aliphatic rings. The minimum Gasteiger partial charge on any atom is -0.391 e. The molecule has 1 aromatic rings. The van der Waals surface area contributed by atoms with E-state index in [1.54, 1.807) is 6.07 Å². The predicted molar refractivity (Wildman–Crippen MR) is 74.3 cm³/mol. The molecule has 4 nitrogen and oxygen atoms in total. The van der Waals surface area contributed by atoms with E-state index in [-0.39, 0.29) is 30.6 Å². The van der Waals surface area contributed by atoms with Crippen LogP contribution in [0.15, 0.2) is 17.5 Å². The van der Waals surface area contributed by atoms with Gasteiger partial charge < -0.3 is 10.4 Å². The summed E-state index contributed by atoms with van der Waals surface area (Å²) in [5, 5.41) is 14.4. The van der Waals surface area contributed by atoms with Gasteiger partial charge in [0.2, 0.25) is 5.91 Å². The Morgan fingerprint density at radius 2 is 2.11 bits per heavy atom. The SMILES string of the molecule is O=C(CCC(=O)c1cccs1)NC1CCCCC1O. The smallest absolute Gasteiger partial charge is 0.220 e. The van der Waals surface area contributed by atoms with Crippen LogP contribution in [0.3, 0.4) is 0 Å². The van der Waals surface area contributed by atoms with Crippen LogP contribution in [0.1, 0.15) is 48.2 Å². The lowest BCUT2D eigenvalue weighted by atomic mass is 9.92. The third-order valence-corrected chi connectivity index (χ3v) is 4.36. The van der Waals surface area contributed by atoms with E-state index in [2.05, 4.69) is 5.32 Å². The molecule has 19 heavy (non-hydrogen) atoms. The maximum Gasteiger partial charge on any atom is 0.220 e. The van der Waals surface area contributed by atoms with Gasteiger partial charge in [-0.1, -0.05) is 18.9 Å². The average molecular weight is 281 g/mol. The summed E-state index contributed by atoms with van der Waals surface area (Å²) in [6.45, 7) is 0. The second-order valence-electron chi connectivity index (χ2n) is 4.93.